The van der Waals surface area contributed by atoms with Crippen LogP contribution < -0.4 is 10.1 Å². The first-order valence-electron chi connectivity index (χ1n) is 9.76. The van der Waals surface area contributed by atoms with E-state index in [0.717, 1.165) is 19.3 Å². The highest BCUT2D eigenvalue weighted by Crippen LogP contribution is 2.35. The van der Waals surface area contributed by atoms with Gasteiger partial charge in [-0.2, -0.15) is 0 Å². The van der Waals surface area contributed by atoms with Crippen LogP contribution in [-0.2, 0) is 14.3 Å². The fraction of sp³-hybridized carbons (Fsp3) is 0.619. The number of carbonyl (C=O) groups is 2. The second-order valence-corrected chi connectivity index (χ2v) is 7.11. The number of anilines is 1. The molecule has 0 heterocycles. The van der Waals surface area contributed by atoms with Crippen molar-refractivity contribution in [1.82, 2.24) is 0 Å². The van der Waals surface area contributed by atoms with Gasteiger partial charge in [0, 0.05) is 12.8 Å². The third kappa shape index (κ3) is 5.22. The summed E-state index contributed by atoms with van der Waals surface area (Å²) >= 11 is 0. The van der Waals surface area contributed by atoms with Crippen LogP contribution in [-0.4, -0.2) is 37.8 Å². The molecular weight excluding hydrogens is 346 g/mol. The molecule has 1 aliphatic rings. The molecule has 1 saturated carbocycles. The fourth-order valence-electron chi connectivity index (χ4n) is 3.31. The highest BCUT2D eigenvalue weighted by atomic mass is 16.5. The molecule has 0 aliphatic heterocycles. The van der Waals surface area contributed by atoms with Gasteiger partial charge in [-0.25, -0.2) is 4.79 Å². The van der Waals surface area contributed by atoms with E-state index in [2.05, 4.69) is 12.2 Å². The summed E-state index contributed by atoms with van der Waals surface area (Å²) in [5.74, 6) is 0.425. The van der Waals surface area contributed by atoms with Crippen molar-refractivity contribution < 1.29 is 23.8 Å². The SMILES string of the molecule is CCCOc1ccc(NC(=O)C2(OC)CCC(C)CC2)cc1C(=O)OCC. The van der Waals surface area contributed by atoms with E-state index in [4.69, 9.17) is 14.2 Å². The van der Waals surface area contributed by atoms with Gasteiger partial charge < -0.3 is 19.5 Å². The molecule has 1 aromatic rings. The van der Waals surface area contributed by atoms with E-state index in [1.54, 1.807) is 32.2 Å². The summed E-state index contributed by atoms with van der Waals surface area (Å²) in [7, 11) is 1.58. The maximum atomic E-state index is 12.9. The molecule has 1 fully saturated rings. The van der Waals surface area contributed by atoms with Crippen molar-refractivity contribution in [1.29, 1.82) is 0 Å². The predicted octanol–water partition coefficient (Wildman–Crippen LogP) is 4.19. The number of rotatable bonds is 8. The first-order chi connectivity index (χ1) is 13.0. The summed E-state index contributed by atoms with van der Waals surface area (Å²) in [6.45, 7) is 6.71. The van der Waals surface area contributed by atoms with Gasteiger partial charge in [-0.15, -0.1) is 0 Å². The topological polar surface area (TPSA) is 73.9 Å². The second-order valence-electron chi connectivity index (χ2n) is 7.11. The van der Waals surface area contributed by atoms with Gasteiger partial charge in [0.2, 0.25) is 0 Å². The number of ether oxygens (including phenoxy) is 3. The Bertz CT molecular complexity index is 650. The molecule has 27 heavy (non-hydrogen) atoms. The first-order valence-corrected chi connectivity index (χ1v) is 9.76. The van der Waals surface area contributed by atoms with Crippen molar-refractivity contribution >= 4 is 17.6 Å². The molecule has 0 atom stereocenters. The van der Waals surface area contributed by atoms with Gasteiger partial charge in [-0.1, -0.05) is 13.8 Å². The van der Waals surface area contributed by atoms with Crippen LogP contribution in [0.25, 0.3) is 0 Å². The van der Waals surface area contributed by atoms with Gasteiger partial charge >= 0.3 is 5.97 Å². The first kappa shape index (κ1) is 21.2. The maximum Gasteiger partial charge on any atom is 0.341 e. The molecule has 0 spiro atoms. The molecular formula is C21H31NO5. The van der Waals surface area contributed by atoms with Crippen LogP contribution in [0.15, 0.2) is 18.2 Å². The second kappa shape index (κ2) is 9.74. The number of nitrogens with one attached hydrogen (secondary N) is 1. The van der Waals surface area contributed by atoms with Gasteiger partial charge in [0.25, 0.3) is 5.91 Å². The molecule has 0 saturated heterocycles. The Hall–Kier alpha value is -2.08. The Morgan fingerprint density at radius 2 is 1.93 bits per heavy atom. The van der Waals surface area contributed by atoms with Crippen molar-refractivity contribution in [3.63, 3.8) is 0 Å². The minimum Gasteiger partial charge on any atom is -0.493 e. The van der Waals surface area contributed by atoms with E-state index in [1.165, 1.54) is 0 Å². The van der Waals surface area contributed by atoms with E-state index in [-0.39, 0.29) is 12.5 Å². The van der Waals surface area contributed by atoms with Crippen LogP contribution in [0.4, 0.5) is 5.69 Å². The molecule has 1 N–H and O–H groups in total. The Kier molecular flexibility index (Phi) is 7.66. The number of hydrogen-bond acceptors (Lipinski definition) is 5. The van der Waals surface area contributed by atoms with Crippen molar-refractivity contribution in [3.8, 4) is 5.75 Å². The van der Waals surface area contributed by atoms with Crippen LogP contribution >= 0.6 is 0 Å². The zero-order valence-corrected chi connectivity index (χ0v) is 16.8. The number of amides is 1. The van der Waals surface area contributed by atoms with Gasteiger partial charge in [-0.3, -0.25) is 4.79 Å². The molecule has 1 aromatic carbocycles. The quantitative estimate of drug-likeness (QED) is 0.688. The lowest BCUT2D eigenvalue weighted by molar-refractivity contribution is -0.142. The lowest BCUT2D eigenvalue weighted by Gasteiger charge is -2.36. The van der Waals surface area contributed by atoms with Crippen molar-refractivity contribution in [3.05, 3.63) is 23.8 Å². The minimum absolute atomic E-state index is 0.172. The lowest BCUT2D eigenvalue weighted by atomic mass is 9.79. The zero-order valence-electron chi connectivity index (χ0n) is 16.8. The third-order valence-corrected chi connectivity index (χ3v) is 5.08. The van der Waals surface area contributed by atoms with E-state index in [9.17, 15) is 9.59 Å². The maximum absolute atomic E-state index is 12.9. The van der Waals surface area contributed by atoms with Gasteiger partial charge in [0.05, 0.1) is 13.2 Å². The Labute approximate surface area is 161 Å². The van der Waals surface area contributed by atoms with Crippen molar-refractivity contribution in [2.45, 2.75) is 58.5 Å². The molecule has 6 heteroatoms. The number of hydrogen-bond donors (Lipinski definition) is 1. The average Bonchev–Trinajstić information content (AvgIpc) is 2.68. The van der Waals surface area contributed by atoms with Crippen molar-refractivity contribution in [2.75, 3.05) is 25.6 Å². The number of benzene rings is 1. The van der Waals surface area contributed by atoms with E-state index >= 15 is 0 Å². The molecule has 0 unspecified atom stereocenters. The van der Waals surface area contributed by atoms with E-state index < -0.39 is 11.6 Å². The summed E-state index contributed by atoms with van der Waals surface area (Å²) in [5, 5.41) is 2.91. The highest BCUT2D eigenvalue weighted by Gasteiger charge is 2.41. The predicted molar refractivity (Wildman–Crippen MR) is 104 cm³/mol. The number of methoxy groups -OCH3 is 1. The minimum atomic E-state index is -0.812. The average molecular weight is 377 g/mol. The molecule has 2 rings (SSSR count). The summed E-state index contributed by atoms with van der Waals surface area (Å²) in [4.78, 5) is 25.2. The monoisotopic (exact) mass is 377 g/mol. The normalized spacial score (nSPS) is 22.1. The van der Waals surface area contributed by atoms with Crippen LogP contribution in [0.3, 0.4) is 0 Å². The fourth-order valence-corrected chi connectivity index (χ4v) is 3.31. The Morgan fingerprint density at radius 1 is 1.22 bits per heavy atom. The Balaban J connectivity index is 2.20. The lowest BCUT2D eigenvalue weighted by Crippen LogP contribution is -2.47. The van der Waals surface area contributed by atoms with Gasteiger partial charge in [0.15, 0.2) is 0 Å². The molecule has 1 aliphatic carbocycles. The van der Waals surface area contributed by atoms with E-state index in [0.29, 0.717) is 42.4 Å². The van der Waals surface area contributed by atoms with Gasteiger partial charge in [0.1, 0.15) is 16.9 Å². The molecule has 150 valence electrons. The van der Waals surface area contributed by atoms with Crippen molar-refractivity contribution in [2.24, 2.45) is 5.92 Å². The third-order valence-electron chi connectivity index (χ3n) is 5.08. The number of esters is 1. The summed E-state index contributed by atoms with van der Waals surface area (Å²) in [5.41, 5.74) is 0.0299. The molecule has 1 amide bonds. The summed E-state index contributed by atoms with van der Waals surface area (Å²) < 4.78 is 16.4. The number of carbonyl (C=O) groups excluding carboxylic acids is 2. The van der Waals surface area contributed by atoms with Crippen LogP contribution in [0.5, 0.6) is 5.75 Å². The highest BCUT2D eigenvalue weighted by molar-refractivity contribution is 5.99. The summed E-state index contributed by atoms with van der Waals surface area (Å²) in [6, 6.07) is 5.04. The van der Waals surface area contributed by atoms with Crippen LogP contribution in [0, 0.1) is 5.92 Å². The molecule has 0 bridgehead atoms. The van der Waals surface area contributed by atoms with E-state index in [1.807, 2.05) is 6.92 Å². The molecule has 6 nitrogen and oxygen atoms in total. The summed E-state index contributed by atoms with van der Waals surface area (Å²) in [6.07, 6.45) is 4.13. The Morgan fingerprint density at radius 3 is 2.52 bits per heavy atom. The molecule has 0 aromatic heterocycles. The largest absolute Gasteiger partial charge is 0.493 e. The van der Waals surface area contributed by atoms with Gasteiger partial charge in [-0.05, 0) is 63.1 Å². The van der Waals surface area contributed by atoms with Crippen LogP contribution in [0.1, 0.15) is 63.2 Å². The smallest absolute Gasteiger partial charge is 0.341 e. The standard InChI is InChI=1S/C21H31NO5/c1-5-13-27-18-8-7-16(14-17(18)19(23)26-6-2)22-20(24)21(25-4)11-9-15(3)10-12-21/h7-8,14-15H,5-6,9-13H2,1-4H3,(H,22,24). The zero-order chi connectivity index (χ0) is 19.9. The van der Waals surface area contributed by atoms with Crippen LogP contribution in [0.2, 0.25) is 0 Å². The molecule has 0 radical (unpaired) electrons.